The van der Waals surface area contributed by atoms with Crippen LogP contribution < -0.4 is 4.74 Å². The van der Waals surface area contributed by atoms with Crippen LogP contribution in [0.5, 0.6) is 5.75 Å². The molecule has 0 radical (unpaired) electrons. The lowest BCUT2D eigenvalue weighted by atomic mass is 10.0. The van der Waals surface area contributed by atoms with E-state index in [1.54, 1.807) is 12.1 Å². The maximum absolute atomic E-state index is 12.1. The number of alkyl halides is 3. The van der Waals surface area contributed by atoms with Gasteiger partial charge in [-0.25, -0.2) is 0 Å². The molecule has 0 aromatic heterocycles. The average molecular weight is 249 g/mol. The van der Waals surface area contributed by atoms with Gasteiger partial charge >= 0.3 is 6.61 Å². The van der Waals surface area contributed by atoms with Gasteiger partial charge in [-0.15, -0.1) is 11.6 Å². The predicted molar refractivity (Wildman–Crippen MR) is 57.0 cm³/mol. The topological polar surface area (TPSA) is 26.3 Å². The molecule has 0 saturated carbocycles. The van der Waals surface area contributed by atoms with E-state index in [0.717, 1.165) is 0 Å². The molecule has 5 heteroatoms. The Hall–Kier alpha value is -1.16. The Morgan fingerprint density at radius 3 is 2.69 bits per heavy atom. The van der Waals surface area contributed by atoms with Crippen LogP contribution in [-0.2, 0) is 17.1 Å². The number of hydrogen-bond donors (Lipinski definition) is 0. The van der Waals surface area contributed by atoms with Crippen molar-refractivity contribution in [3.63, 3.8) is 0 Å². The van der Waals surface area contributed by atoms with Crippen molar-refractivity contribution >= 4 is 17.4 Å². The van der Waals surface area contributed by atoms with Crippen molar-refractivity contribution in [2.45, 2.75) is 25.8 Å². The summed E-state index contributed by atoms with van der Waals surface area (Å²) in [5, 5.41) is 0. The fourth-order valence-electron chi connectivity index (χ4n) is 1.40. The Balaban J connectivity index is 3.04. The van der Waals surface area contributed by atoms with Gasteiger partial charge in [-0.05, 0) is 18.6 Å². The number of ether oxygens (including phenoxy) is 1. The second-order valence-corrected chi connectivity index (χ2v) is 3.55. The van der Waals surface area contributed by atoms with Gasteiger partial charge in [-0.3, -0.25) is 4.79 Å². The van der Waals surface area contributed by atoms with Crippen LogP contribution in [0.1, 0.15) is 18.1 Å². The molecule has 16 heavy (non-hydrogen) atoms. The zero-order valence-electron chi connectivity index (χ0n) is 8.67. The van der Waals surface area contributed by atoms with Crippen LogP contribution in [0.25, 0.3) is 0 Å². The molecular weight excluding hydrogens is 238 g/mol. The summed E-state index contributed by atoms with van der Waals surface area (Å²) in [6, 6.07) is 4.65. The normalized spacial score (nSPS) is 10.6. The molecule has 0 aliphatic carbocycles. The number of ketones is 1. The summed E-state index contributed by atoms with van der Waals surface area (Å²) in [5.41, 5.74) is 1.07. The lowest BCUT2D eigenvalue weighted by Crippen LogP contribution is -2.07. The Morgan fingerprint density at radius 2 is 2.19 bits per heavy atom. The number of rotatable bonds is 5. The number of carbonyl (C=O) groups excluding carboxylic acids is 1. The van der Waals surface area contributed by atoms with Gasteiger partial charge in [0.2, 0.25) is 0 Å². The molecule has 0 bridgehead atoms. The number of Topliss-reactive ketones (excluding diaryl/α,β-unsaturated/α-hetero) is 1. The smallest absolute Gasteiger partial charge is 0.387 e. The molecule has 0 saturated heterocycles. The third-order valence-corrected chi connectivity index (χ3v) is 2.29. The first kappa shape index (κ1) is 12.9. The summed E-state index contributed by atoms with van der Waals surface area (Å²) in [5.74, 6) is 0.00946. The molecule has 0 amide bonds. The van der Waals surface area contributed by atoms with E-state index in [4.69, 9.17) is 11.6 Å². The van der Waals surface area contributed by atoms with Crippen LogP contribution in [0.2, 0.25) is 0 Å². The standard InChI is InChI=1S/C11H11ClF2O2/c1-7(15)5-8-3-2-4-10(9(8)6-12)16-11(13)14/h2-4,11H,5-6H2,1H3. The first-order valence-electron chi connectivity index (χ1n) is 4.65. The molecule has 0 aliphatic heterocycles. The molecule has 88 valence electrons. The molecule has 0 heterocycles. The number of hydrogen-bond acceptors (Lipinski definition) is 2. The van der Waals surface area contributed by atoms with Crippen molar-refractivity contribution in [2.75, 3.05) is 0 Å². The van der Waals surface area contributed by atoms with Crippen LogP contribution in [0, 0.1) is 0 Å². The zero-order valence-corrected chi connectivity index (χ0v) is 9.43. The van der Waals surface area contributed by atoms with Gasteiger partial charge in [-0.2, -0.15) is 8.78 Å². The van der Waals surface area contributed by atoms with Crippen molar-refractivity contribution in [1.82, 2.24) is 0 Å². The third-order valence-electron chi connectivity index (χ3n) is 2.02. The molecule has 0 fully saturated rings. The molecule has 0 aliphatic rings. The second-order valence-electron chi connectivity index (χ2n) is 3.28. The molecule has 0 unspecified atom stereocenters. The zero-order chi connectivity index (χ0) is 12.1. The van der Waals surface area contributed by atoms with Gasteiger partial charge in [0.1, 0.15) is 11.5 Å². The van der Waals surface area contributed by atoms with E-state index >= 15 is 0 Å². The van der Waals surface area contributed by atoms with Gasteiger partial charge in [0.05, 0.1) is 5.88 Å². The summed E-state index contributed by atoms with van der Waals surface area (Å²) < 4.78 is 28.5. The minimum atomic E-state index is -2.89. The van der Waals surface area contributed by atoms with Crippen LogP contribution in [0.15, 0.2) is 18.2 Å². The maximum Gasteiger partial charge on any atom is 0.387 e. The first-order valence-corrected chi connectivity index (χ1v) is 5.19. The Labute approximate surface area is 97.2 Å². The lowest BCUT2D eigenvalue weighted by Gasteiger charge is -2.12. The van der Waals surface area contributed by atoms with E-state index in [1.807, 2.05) is 0 Å². The molecule has 0 spiro atoms. The van der Waals surface area contributed by atoms with E-state index in [-0.39, 0.29) is 23.8 Å². The van der Waals surface area contributed by atoms with Crippen LogP contribution in [0.4, 0.5) is 8.78 Å². The average Bonchev–Trinajstić information content (AvgIpc) is 2.16. The predicted octanol–water partition coefficient (Wildman–Crippen LogP) is 3.16. The van der Waals surface area contributed by atoms with Gasteiger partial charge in [0.15, 0.2) is 0 Å². The highest BCUT2D eigenvalue weighted by Crippen LogP contribution is 2.26. The van der Waals surface area contributed by atoms with Gasteiger partial charge in [0.25, 0.3) is 0 Å². The molecule has 0 atom stereocenters. The fraction of sp³-hybridized carbons (Fsp3) is 0.364. The molecule has 2 nitrogen and oxygen atoms in total. The van der Waals surface area contributed by atoms with Crippen LogP contribution >= 0.6 is 11.6 Å². The Morgan fingerprint density at radius 1 is 1.50 bits per heavy atom. The maximum atomic E-state index is 12.1. The summed E-state index contributed by atoms with van der Waals surface area (Å²) >= 11 is 5.67. The third kappa shape index (κ3) is 3.45. The van der Waals surface area contributed by atoms with Gasteiger partial charge in [-0.1, -0.05) is 12.1 Å². The first-order chi connectivity index (χ1) is 7.54. The van der Waals surface area contributed by atoms with Crippen molar-refractivity contribution in [3.05, 3.63) is 29.3 Å². The lowest BCUT2D eigenvalue weighted by molar-refractivity contribution is -0.116. The molecule has 1 aromatic carbocycles. The second kappa shape index (κ2) is 5.80. The Kier molecular flexibility index (Phi) is 4.68. The molecular formula is C11H11ClF2O2. The summed E-state index contributed by atoms with van der Waals surface area (Å²) in [4.78, 5) is 11.0. The van der Waals surface area contributed by atoms with Crippen molar-refractivity contribution < 1.29 is 18.3 Å². The summed E-state index contributed by atoms with van der Waals surface area (Å²) in [7, 11) is 0. The SMILES string of the molecule is CC(=O)Cc1cccc(OC(F)F)c1CCl. The number of benzene rings is 1. The van der Waals surface area contributed by atoms with Crippen molar-refractivity contribution in [1.29, 1.82) is 0 Å². The highest BCUT2D eigenvalue weighted by atomic mass is 35.5. The molecule has 1 rings (SSSR count). The quantitative estimate of drug-likeness (QED) is 0.749. The summed E-state index contributed by atoms with van der Waals surface area (Å²) in [6.07, 6.45) is 0.169. The molecule has 1 aromatic rings. The molecule has 0 N–H and O–H groups in total. The number of carbonyl (C=O) groups is 1. The minimum absolute atomic E-state index is 0.0313. The van der Waals surface area contributed by atoms with Crippen LogP contribution in [0.3, 0.4) is 0 Å². The van der Waals surface area contributed by atoms with Crippen molar-refractivity contribution in [3.8, 4) is 5.75 Å². The van der Waals surface area contributed by atoms with Crippen molar-refractivity contribution in [2.24, 2.45) is 0 Å². The van der Waals surface area contributed by atoms with E-state index in [2.05, 4.69) is 4.74 Å². The van der Waals surface area contributed by atoms with Gasteiger partial charge in [0, 0.05) is 12.0 Å². The highest BCUT2D eigenvalue weighted by molar-refractivity contribution is 6.17. The Bertz CT molecular complexity index is 380. The van der Waals surface area contributed by atoms with Crippen LogP contribution in [-0.4, -0.2) is 12.4 Å². The number of halogens is 3. The monoisotopic (exact) mass is 248 g/mol. The van der Waals surface area contributed by atoms with E-state index in [0.29, 0.717) is 11.1 Å². The van der Waals surface area contributed by atoms with E-state index in [1.165, 1.54) is 13.0 Å². The highest BCUT2D eigenvalue weighted by Gasteiger charge is 2.13. The van der Waals surface area contributed by atoms with E-state index in [9.17, 15) is 13.6 Å². The largest absolute Gasteiger partial charge is 0.434 e. The van der Waals surface area contributed by atoms with Gasteiger partial charge < -0.3 is 4.74 Å². The van der Waals surface area contributed by atoms with E-state index < -0.39 is 6.61 Å². The minimum Gasteiger partial charge on any atom is -0.434 e. The summed E-state index contributed by atoms with van der Waals surface area (Å²) in [6.45, 7) is -1.46. The fourth-order valence-corrected chi connectivity index (χ4v) is 1.71.